The number of ether oxygens (including phenoxy) is 3. The van der Waals surface area contributed by atoms with Gasteiger partial charge in [-0.3, -0.25) is 0 Å². The highest BCUT2D eigenvalue weighted by Crippen LogP contribution is 2.36. The number of hydrogen-bond donors (Lipinski definition) is 1. The fraction of sp³-hybridized carbons (Fsp3) is 0.318. The summed E-state index contributed by atoms with van der Waals surface area (Å²) in [6.45, 7) is 1.37. The lowest BCUT2D eigenvalue weighted by molar-refractivity contribution is 0.0172. The molecule has 0 saturated carbocycles. The zero-order chi connectivity index (χ0) is 18.9. The molecule has 28 heavy (non-hydrogen) atoms. The van der Waals surface area contributed by atoms with Gasteiger partial charge >= 0.3 is 0 Å². The van der Waals surface area contributed by atoms with Crippen molar-refractivity contribution in [1.29, 1.82) is 0 Å². The van der Waals surface area contributed by atoms with Gasteiger partial charge in [-0.1, -0.05) is 30.3 Å². The van der Waals surface area contributed by atoms with Crippen LogP contribution in [0.4, 0.5) is 0 Å². The van der Waals surface area contributed by atoms with E-state index in [4.69, 9.17) is 14.2 Å². The van der Waals surface area contributed by atoms with Gasteiger partial charge in [-0.2, -0.15) is 0 Å². The highest BCUT2D eigenvalue weighted by atomic mass is 16.6. The molecule has 2 aliphatic heterocycles. The minimum absolute atomic E-state index is 0.00802. The molecule has 6 nitrogen and oxygen atoms in total. The van der Waals surface area contributed by atoms with Gasteiger partial charge in [-0.05, 0) is 29.8 Å². The lowest BCUT2D eigenvalue weighted by atomic mass is 10.1. The Bertz CT molecular complexity index is 925. The standard InChI is InChI=1S/C22H22N2O4/c25-19-14-28-20-18(13-27-21(19)20)24-11-10-23-22(24)16-6-8-17(9-7-16)26-12-15-4-2-1-3-5-15/h1-11,18-21,25H,12-14H2/t18-,19+,20+,21+/m0/s1. The summed E-state index contributed by atoms with van der Waals surface area (Å²) >= 11 is 0. The Morgan fingerprint density at radius 3 is 2.61 bits per heavy atom. The summed E-state index contributed by atoms with van der Waals surface area (Å²) in [5.74, 6) is 1.67. The van der Waals surface area contributed by atoms with Crippen molar-refractivity contribution in [1.82, 2.24) is 9.55 Å². The van der Waals surface area contributed by atoms with E-state index in [0.717, 1.165) is 22.7 Å². The zero-order valence-corrected chi connectivity index (χ0v) is 15.3. The summed E-state index contributed by atoms with van der Waals surface area (Å²) in [5.41, 5.74) is 2.13. The molecule has 3 heterocycles. The molecular formula is C22H22N2O4. The van der Waals surface area contributed by atoms with Gasteiger partial charge < -0.3 is 23.9 Å². The molecule has 5 rings (SSSR count). The lowest BCUT2D eigenvalue weighted by Crippen LogP contribution is -2.30. The topological polar surface area (TPSA) is 65.7 Å². The molecule has 4 atom stereocenters. The molecule has 2 aromatic carbocycles. The predicted molar refractivity (Wildman–Crippen MR) is 103 cm³/mol. The summed E-state index contributed by atoms with van der Waals surface area (Å²) in [5, 5.41) is 9.98. The second-order valence-corrected chi connectivity index (χ2v) is 7.19. The van der Waals surface area contributed by atoms with Crippen LogP contribution >= 0.6 is 0 Å². The summed E-state index contributed by atoms with van der Waals surface area (Å²) in [6, 6.07) is 18.0. The quantitative estimate of drug-likeness (QED) is 0.740. The molecule has 0 bridgehead atoms. The third-order valence-electron chi connectivity index (χ3n) is 5.39. The number of aromatic nitrogens is 2. The minimum Gasteiger partial charge on any atom is -0.489 e. The van der Waals surface area contributed by atoms with Crippen LogP contribution < -0.4 is 4.74 Å². The first-order valence-electron chi connectivity index (χ1n) is 9.51. The van der Waals surface area contributed by atoms with Crippen molar-refractivity contribution < 1.29 is 19.3 Å². The van der Waals surface area contributed by atoms with E-state index in [1.165, 1.54) is 0 Å². The van der Waals surface area contributed by atoms with Crippen LogP contribution in [0.25, 0.3) is 11.4 Å². The Morgan fingerprint density at radius 2 is 1.79 bits per heavy atom. The molecule has 2 aliphatic rings. The van der Waals surface area contributed by atoms with Crippen LogP contribution in [0.5, 0.6) is 5.75 Å². The molecule has 0 spiro atoms. The fourth-order valence-electron chi connectivity index (χ4n) is 3.94. The molecule has 0 radical (unpaired) electrons. The van der Waals surface area contributed by atoms with Crippen LogP contribution in [-0.4, -0.2) is 46.2 Å². The van der Waals surface area contributed by atoms with Crippen molar-refractivity contribution in [3.05, 3.63) is 72.6 Å². The molecule has 1 aromatic heterocycles. The number of aliphatic hydroxyl groups excluding tert-OH is 1. The van der Waals surface area contributed by atoms with Gasteiger partial charge in [-0.25, -0.2) is 4.98 Å². The summed E-state index contributed by atoms with van der Waals surface area (Å²) < 4.78 is 19.5. The van der Waals surface area contributed by atoms with Crippen molar-refractivity contribution in [3.8, 4) is 17.1 Å². The Labute approximate surface area is 163 Å². The maximum absolute atomic E-state index is 9.98. The fourth-order valence-corrected chi connectivity index (χ4v) is 3.94. The minimum atomic E-state index is -0.553. The van der Waals surface area contributed by atoms with Gasteiger partial charge in [0.25, 0.3) is 0 Å². The van der Waals surface area contributed by atoms with Crippen LogP contribution in [0.1, 0.15) is 11.6 Å². The summed E-state index contributed by atoms with van der Waals surface area (Å²) in [7, 11) is 0. The van der Waals surface area contributed by atoms with Crippen molar-refractivity contribution in [2.45, 2.75) is 31.0 Å². The predicted octanol–water partition coefficient (Wildman–Crippen LogP) is 2.83. The maximum atomic E-state index is 9.98. The number of rotatable bonds is 5. The van der Waals surface area contributed by atoms with E-state index in [-0.39, 0.29) is 18.2 Å². The van der Waals surface area contributed by atoms with E-state index in [1.54, 1.807) is 6.20 Å². The number of hydrogen-bond acceptors (Lipinski definition) is 5. The number of benzene rings is 2. The van der Waals surface area contributed by atoms with E-state index in [1.807, 2.05) is 60.8 Å². The number of nitrogens with zero attached hydrogens (tertiary/aromatic N) is 2. The van der Waals surface area contributed by atoms with E-state index in [2.05, 4.69) is 9.55 Å². The van der Waals surface area contributed by atoms with Crippen molar-refractivity contribution >= 4 is 0 Å². The van der Waals surface area contributed by atoms with E-state index in [0.29, 0.717) is 19.8 Å². The van der Waals surface area contributed by atoms with Crippen LogP contribution in [0.15, 0.2) is 67.0 Å². The molecule has 2 fully saturated rings. The Morgan fingerprint density at radius 1 is 1.00 bits per heavy atom. The molecule has 0 unspecified atom stereocenters. The van der Waals surface area contributed by atoms with Gasteiger partial charge in [0.1, 0.15) is 36.5 Å². The summed E-state index contributed by atoms with van der Waals surface area (Å²) in [6.07, 6.45) is 2.78. The zero-order valence-electron chi connectivity index (χ0n) is 15.3. The molecule has 2 saturated heterocycles. The van der Waals surface area contributed by atoms with E-state index < -0.39 is 6.10 Å². The third kappa shape index (κ3) is 3.20. The molecular weight excluding hydrogens is 356 g/mol. The maximum Gasteiger partial charge on any atom is 0.140 e. The molecule has 144 valence electrons. The number of imidazole rings is 1. The first-order chi connectivity index (χ1) is 13.8. The number of fused-ring (bicyclic) bond motifs is 1. The van der Waals surface area contributed by atoms with E-state index in [9.17, 15) is 5.11 Å². The normalized spacial score (nSPS) is 26.3. The Kier molecular flexibility index (Phi) is 4.60. The van der Waals surface area contributed by atoms with Gasteiger partial charge in [0, 0.05) is 18.0 Å². The van der Waals surface area contributed by atoms with Crippen LogP contribution in [0, 0.1) is 0 Å². The number of aliphatic hydroxyl groups is 1. The van der Waals surface area contributed by atoms with Crippen LogP contribution in [0.3, 0.4) is 0 Å². The SMILES string of the molecule is O[C@@H]1CO[C@H]2[C@@H]1OC[C@@H]2n1ccnc1-c1ccc(OCc2ccccc2)cc1. The smallest absolute Gasteiger partial charge is 0.140 e. The largest absolute Gasteiger partial charge is 0.489 e. The highest BCUT2D eigenvalue weighted by Gasteiger charge is 2.48. The van der Waals surface area contributed by atoms with Crippen molar-refractivity contribution in [2.24, 2.45) is 0 Å². The third-order valence-corrected chi connectivity index (χ3v) is 5.39. The van der Waals surface area contributed by atoms with Crippen LogP contribution in [0.2, 0.25) is 0 Å². The van der Waals surface area contributed by atoms with Crippen LogP contribution in [-0.2, 0) is 16.1 Å². The van der Waals surface area contributed by atoms with Gasteiger partial charge in [0.05, 0.1) is 19.3 Å². The molecule has 6 heteroatoms. The second kappa shape index (κ2) is 7.39. The van der Waals surface area contributed by atoms with Crippen molar-refractivity contribution in [2.75, 3.05) is 13.2 Å². The molecule has 1 N–H and O–H groups in total. The monoisotopic (exact) mass is 378 g/mol. The summed E-state index contributed by atoms with van der Waals surface area (Å²) in [4.78, 5) is 4.54. The van der Waals surface area contributed by atoms with Gasteiger partial charge in [0.15, 0.2) is 0 Å². The second-order valence-electron chi connectivity index (χ2n) is 7.19. The average molecular weight is 378 g/mol. The highest BCUT2D eigenvalue weighted by molar-refractivity contribution is 5.57. The van der Waals surface area contributed by atoms with Gasteiger partial charge in [0.2, 0.25) is 0 Å². The van der Waals surface area contributed by atoms with E-state index >= 15 is 0 Å². The Hall–Kier alpha value is -2.67. The first-order valence-corrected chi connectivity index (χ1v) is 9.51. The molecule has 0 aliphatic carbocycles. The molecule has 0 amide bonds. The average Bonchev–Trinajstić information content (AvgIpc) is 3.45. The lowest BCUT2D eigenvalue weighted by Gasteiger charge is -2.19. The van der Waals surface area contributed by atoms with Crippen molar-refractivity contribution in [3.63, 3.8) is 0 Å². The first kappa shape index (κ1) is 17.4. The molecule has 3 aromatic rings. The Balaban J connectivity index is 1.32. The van der Waals surface area contributed by atoms with Gasteiger partial charge in [-0.15, -0.1) is 0 Å².